The first-order chi connectivity index (χ1) is 13.5. The molecule has 5 rings (SSSR count). The second-order valence-corrected chi connectivity index (χ2v) is 6.83. The van der Waals surface area contributed by atoms with Crippen LogP contribution in [-0.4, -0.2) is 50.0 Å². The lowest BCUT2D eigenvalue weighted by molar-refractivity contribution is 0.00513. The maximum atomic E-state index is 12.0. The third-order valence-corrected chi connectivity index (χ3v) is 4.79. The molecule has 2 unspecified atom stereocenters. The molecule has 1 saturated heterocycles. The molecular formula is C18H19F3N6O. The van der Waals surface area contributed by atoms with Gasteiger partial charge in [-0.05, 0) is 18.6 Å². The number of hydrogen-bond acceptors (Lipinski definition) is 6. The molecule has 1 aromatic carbocycles. The predicted molar refractivity (Wildman–Crippen MR) is 93.5 cm³/mol. The first-order valence-corrected chi connectivity index (χ1v) is 8.87. The van der Waals surface area contributed by atoms with Gasteiger partial charge in [-0.15, -0.1) is 4.63 Å². The normalized spacial score (nSPS) is 22.0. The van der Waals surface area contributed by atoms with Crippen molar-refractivity contribution >= 4 is 5.65 Å². The summed E-state index contributed by atoms with van der Waals surface area (Å²) in [6.45, 7) is 3.13. The van der Waals surface area contributed by atoms with Crippen molar-refractivity contribution in [1.29, 1.82) is 0 Å². The number of hydrogen-bond donors (Lipinski definition) is 1. The number of fused-ring (bicyclic) bond motifs is 3. The molecule has 7 nitrogen and oxygen atoms in total. The molecule has 0 radical (unpaired) electrons. The van der Waals surface area contributed by atoms with Gasteiger partial charge in [0.25, 0.3) is 0 Å². The molecule has 148 valence electrons. The van der Waals surface area contributed by atoms with Crippen LogP contribution in [0.1, 0.15) is 17.7 Å². The van der Waals surface area contributed by atoms with E-state index in [0.29, 0.717) is 18.7 Å². The van der Waals surface area contributed by atoms with E-state index in [2.05, 4.69) is 20.1 Å². The molecule has 2 aliphatic rings. The van der Waals surface area contributed by atoms with Gasteiger partial charge in [-0.2, -0.15) is 10.2 Å². The highest BCUT2D eigenvalue weighted by Gasteiger charge is 2.33. The first-order valence-electron chi connectivity index (χ1n) is 8.87. The third-order valence-electron chi connectivity index (χ3n) is 4.79. The summed E-state index contributed by atoms with van der Waals surface area (Å²) in [4.78, 5) is 6.74. The SMILES string of the molecule is Fc1ccc(F)c(F)c1.NC1COCC(N2Cc3nn4nccnc4c3C2)C1. The zero-order valence-corrected chi connectivity index (χ0v) is 14.9. The molecule has 3 aromatic rings. The molecule has 10 heteroatoms. The minimum absolute atomic E-state index is 0.146. The summed E-state index contributed by atoms with van der Waals surface area (Å²) in [5.74, 6) is -2.96. The standard InChI is InChI=1S/C12H16N6O.C6H3F3/c13-8-3-9(7-19-6-8)17-4-10-11(5-17)16-18-12(10)14-1-2-15-18;7-4-1-2-5(8)6(9)3-4/h1-2,8-9H,3-7,13H2;1-3H. The van der Waals surface area contributed by atoms with E-state index in [-0.39, 0.29) is 6.04 Å². The minimum atomic E-state index is -1.16. The van der Waals surface area contributed by atoms with Gasteiger partial charge in [0.15, 0.2) is 17.3 Å². The summed E-state index contributed by atoms with van der Waals surface area (Å²) < 4.78 is 43.0. The molecule has 2 aliphatic heterocycles. The van der Waals surface area contributed by atoms with E-state index in [0.717, 1.165) is 49.6 Å². The van der Waals surface area contributed by atoms with Crippen molar-refractivity contribution in [3.63, 3.8) is 0 Å². The number of nitrogens with two attached hydrogens (primary N) is 1. The van der Waals surface area contributed by atoms with Crippen LogP contribution in [0.5, 0.6) is 0 Å². The maximum absolute atomic E-state index is 12.0. The van der Waals surface area contributed by atoms with Gasteiger partial charge < -0.3 is 10.5 Å². The molecule has 0 spiro atoms. The number of halogens is 3. The highest BCUT2D eigenvalue weighted by Crippen LogP contribution is 2.28. The van der Waals surface area contributed by atoms with Crippen LogP contribution in [0, 0.1) is 17.5 Å². The molecule has 2 atom stereocenters. The Hall–Kier alpha value is -2.56. The van der Waals surface area contributed by atoms with Gasteiger partial charge in [0, 0.05) is 43.0 Å². The van der Waals surface area contributed by atoms with E-state index in [9.17, 15) is 13.2 Å². The van der Waals surface area contributed by atoms with Crippen LogP contribution in [-0.2, 0) is 17.8 Å². The number of rotatable bonds is 1. The Balaban J connectivity index is 0.000000181. The first kappa shape index (κ1) is 18.8. The fraction of sp³-hybridized carbons (Fsp3) is 0.389. The summed E-state index contributed by atoms with van der Waals surface area (Å²) >= 11 is 0. The lowest BCUT2D eigenvalue weighted by Crippen LogP contribution is -2.46. The Morgan fingerprint density at radius 1 is 1.07 bits per heavy atom. The Bertz CT molecular complexity index is 981. The molecule has 2 aromatic heterocycles. The fourth-order valence-corrected chi connectivity index (χ4v) is 3.44. The molecule has 4 heterocycles. The van der Waals surface area contributed by atoms with Gasteiger partial charge in [0.2, 0.25) is 0 Å². The van der Waals surface area contributed by atoms with Gasteiger partial charge in [0.05, 0.1) is 25.1 Å². The van der Waals surface area contributed by atoms with Gasteiger partial charge >= 0.3 is 0 Å². The van der Waals surface area contributed by atoms with Crippen LogP contribution in [0.25, 0.3) is 5.65 Å². The average molecular weight is 392 g/mol. The van der Waals surface area contributed by atoms with Crippen LogP contribution in [0.3, 0.4) is 0 Å². The molecule has 0 aliphatic carbocycles. The van der Waals surface area contributed by atoms with Crippen LogP contribution in [0.2, 0.25) is 0 Å². The zero-order valence-electron chi connectivity index (χ0n) is 14.9. The predicted octanol–water partition coefficient (Wildman–Crippen LogP) is 1.66. The zero-order chi connectivity index (χ0) is 19.7. The maximum Gasteiger partial charge on any atom is 0.180 e. The van der Waals surface area contributed by atoms with E-state index in [1.165, 1.54) is 5.56 Å². The number of ether oxygens (including phenoxy) is 1. The van der Waals surface area contributed by atoms with Crippen molar-refractivity contribution in [1.82, 2.24) is 24.7 Å². The summed E-state index contributed by atoms with van der Waals surface area (Å²) in [6, 6.07) is 2.63. The van der Waals surface area contributed by atoms with Crippen LogP contribution in [0.4, 0.5) is 13.2 Å². The Morgan fingerprint density at radius 3 is 2.68 bits per heavy atom. The second-order valence-electron chi connectivity index (χ2n) is 6.83. The van der Waals surface area contributed by atoms with Crippen molar-refractivity contribution in [2.75, 3.05) is 13.2 Å². The molecule has 28 heavy (non-hydrogen) atoms. The smallest absolute Gasteiger partial charge is 0.180 e. The van der Waals surface area contributed by atoms with Gasteiger partial charge in [-0.25, -0.2) is 18.2 Å². The lowest BCUT2D eigenvalue weighted by Gasteiger charge is -2.33. The topological polar surface area (TPSA) is 81.6 Å². The summed E-state index contributed by atoms with van der Waals surface area (Å²) in [5.41, 5.74) is 9.09. The van der Waals surface area contributed by atoms with E-state index in [1.54, 1.807) is 17.0 Å². The summed E-state index contributed by atoms with van der Waals surface area (Å²) in [7, 11) is 0. The molecule has 1 fully saturated rings. The third kappa shape index (κ3) is 3.84. The van der Waals surface area contributed by atoms with Crippen molar-refractivity contribution in [2.24, 2.45) is 5.73 Å². The summed E-state index contributed by atoms with van der Waals surface area (Å²) in [5, 5.41) is 8.66. The van der Waals surface area contributed by atoms with Gasteiger partial charge in [-0.1, -0.05) is 0 Å². The second kappa shape index (κ2) is 7.82. The van der Waals surface area contributed by atoms with Crippen molar-refractivity contribution in [3.05, 3.63) is 59.3 Å². The molecular weight excluding hydrogens is 373 g/mol. The van der Waals surface area contributed by atoms with Crippen molar-refractivity contribution < 1.29 is 17.9 Å². The number of benzene rings is 1. The largest absolute Gasteiger partial charge is 0.378 e. The average Bonchev–Trinajstić information content (AvgIpc) is 3.24. The van der Waals surface area contributed by atoms with Gasteiger partial charge in [0.1, 0.15) is 5.82 Å². The number of nitrogens with zero attached hydrogens (tertiary/aromatic N) is 5. The van der Waals surface area contributed by atoms with E-state index in [1.807, 2.05) is 0 Å². The molecule has 0 amide bonds. The minimum Gasteiger partial charge on any atom is -0.378 e. The van der Waals surface area contributed by atoms with Crippen LogP contribution >= 0.6 is 0 Å². The van der Waals surface area contributed by atoms with Crippen LogP contribution < -0.4 is 5.73 Å². The number of aromatic nitrogens is 4. The Kier molecular flexibility index (Phi) is 5.25. The Labute approximate surface area is 158 Å². The monoisotopic (exact) mass is 392 g/mol. The molecule has 0 saturated carbocycles. The molecule has 0 bridgehead atoms. The highest BCUT2D eigenvalue weighted by molar-refractivity contribution is 5.50. The lowest BCUT2D eigenvalue weighted by atomic mass is 10.1. The van der Waals surface area contributed by atoms with Crippen molar-refractivity contribution in [2.45, 2.75) is 31.6 Å². The van der Waals surface area contributed by atoms with Gasteiger partial charge in [-0.3, -0.25) is 4.90 Å². The quantitative estimate of drug-likeness (QED) is 0.635. The van der Waals surface area contributed by atoms with E-state index < -0.39 is 17.5 Å². The summed E-state index contributed by atoms with van der Waals surface area (Å²) in [6.07, 6.45) is 4.35. The van der Waals surface area contributed by atoms with Crippen LogP contribution in [0.15, 0.2) is 30.6 Å². The highest BCUT2D eigenvalue weighted by atomic mass is 19.2. The Morgan fingerprint density at radius 2 is 1.93 bits per heavy atom. The van der Waals surface area contributed by atoms with Crippen molar-refractivity contribution in [3.8, 4) is 0 Å². The van der Waals surface area contributed by atoms with E-state index in [4.69, 9.17) is 10.5 Å². The van der Waals surface area contributed by atoms with E-state index >= 15 is 0 Å². The molecule has 2 N–H and O–H groups in total. The fourth-order valence-electron chi connectivity index (χ4n) is 3.44.